The number of aliphatic hydroxyl groups excluding tert-OH is 1. The molecule has 1 aromatic rings. The van der Waals surface area contributed by atoms with Gasteiger partial charge in [0.2, 0.25) is 0 Å². The first-order chi connectivity index (χ1) is 7.42. The van der Waals surface area contributed by atoms with Crippen LogP contribution in [0.3, 0.4) is 0 Å². The quantitative estimate of drug-likeness (QED) is 0.891. The average molecular weight is 333 g/mol. The number of methoxy groups -OCH3 is 1. The number of aliphatic hydroxyl groups is 1. The highest BCUT2D eigenvalue weighted by Gasteiger charge is 2.38. The van der Waals surface area contributed by atoms with Crippen molar-refractivity contribution in [1.82, 2.24) is 0 Å². The van der Waals surface area contributed by atoms with Crippen LogP contribution in [-0.2, 0) is 0 Å². The van der Waals surface area contributed by atoms with Crippen molar-refractivity contribution >= 4 is 28.3 Å². The van der Waals surface area contributed by atoms with E-state index in [1.165, 1.54) is 13.2 Å². The van der Waals surface area contributed by atoms with E-state index in [0.29, 0.717) is 10.2 Å². The standard InChI is InChI=1S/C10H12BrF2NO2.ClH/c1-16-6-2-3-8(11)7(4-6)9(14)10(12,13)5-15;/h2-4,9,15H,5,14H2,1H3;1H/t9-;/m1./s1. The molecule has 0 aliphatic carbocycles. The molecule has 0 radical (unpaired) electrons. The topological polar surface area (TPSA) is 55.5 Å². The summed E-state index contributed by atoms with van der Waals surface area (Å²) in [5.41, 5.74) is 5.61. The zero-order valence-corrected chi connectivity index (χ0v) is 11.4. The van der Waals surface area contributed by atoms with E-state index < -0.39 is 18.6 Å². The molecule has 1 aromatic carbocycles. The maximum absolute atomic E-state index is 13.2. The summed E-state index contributed by atoms with van der Waals surface area (Å²) in [6, 6.07) is 3.03. The van der Waals surface area contributed by atoms with Gasteiger partial charge < -0.3 is 15.6 Å². The molecule has 1 atom stereocenters. The molecule has 1 rings (SSSR count). The minimum atomic E-state index is -3.37. The van der Waals surface area contributed by atoms with Crippen molar-refractivity contribution in [2.24, 2.45) is 5.73 Å². The second kappa shape index (κ2) is 6.49. The van der Waals surface area contributed by atoms with E-state index in [1.54, 1.807) is 12.1 Å². The molecule has 0 unspecified atom stereocenters. The largest absolute Gasteiger partial charge is 0.497 e. The van der Waals surface area contributed by atoms with E-state index in [9.17, 15) is 8.78 Å². The van der Waals surface area contributed by atoms with E-state index in [0.717, 1.165) is 0 Å². The van der Waals surface area contributed by atoms with Crippen LogP contribution < -0.4 is 10.5 Å². The number of benzene rings is 1. The SMILES string of the molecule is COc1ccc(Br)c([C@@H](N)C(F)(F)CO)c1.Cl. The smallest absolute Gasteiger partial charge is 0.289 e. The zero-order chi connectivity index (χ0) is 12.3. The van der Waals surface area contributed by atoms with Crippen molar-refractivity contribution in [2.75, 3.05) is 13.7 Å². The van der Waals surface area contributed by atoms with Crippen LogP contribution in [0.25, 0.3) is 0 Å². The maximum atomic E-state index is 13.2. The molecule has 3 nitrogen and oxygen atoms in total. The van der Waals surface area contributed by atoms with Gasteiger partial charge in [-0.3, -0.25) is 0 Å². The Balaban J connectivity index is 0.00000256. The Bertz CT molecular complexity index is 379. The third-order valence-electron chi connectivity index (χ3n) is 2.20. The lowest BCUT2D eigenvalue weighted by atomic mass is 10.0. The Morgan fingerprint density at radius 3 is 2.59 bits per heavy atom. The van der Waals surface area contributed by atoms with Crippen LogP contribution in [0.2, 0.25) is 0 Å². The molecule has 0 aromatic heterocycles. The van der Waals surface area contributed by atoms with E-state index >= 15 is 0 Å². The minimum absolute atomic E-state index is 0. The average Bonchev–Trinajstić information content (AvgIpc) is 2.29. The van der Waals surface area contributed by atoms with Gasteiger partial charge in [-0.1, -0.05) is 15.9 Å². The molecule has 98 valence electrons. The Morgan fingerprint density at radius 1 is 1.53 bits per heavy atom. The molecule has 0 aliphatic rings. The number of hydrogen-bond donors (Lipinski definition) is 2. The first kappa shape index (κ1) is 16.6. The van der Waals surface area contributed by atoms with Crippen LogP contribution in [0.1, 0.15) is 11.6 Å². The van der Waals surface area contributed by atoms with Crippen molar-refractivity contribution in [3.63, 3.8) is 0 Å². The molecule has 0 fully saturated rings. The van der Waals surface area contributed by atoms with Crippen LogP contribution in [0.4, 0.5) is 8.78 Å². The predicted molar refractivity (Wildman–Crippen MR) is 66.9 cm³/mol. The van der Waals surface area contributed by atoms with Gasteiger partial charge in [0.1, 0.15) is 12.4 Å². The lowest BCUT2D eigenvalue weighted by Gasteiger charge is -2.23. The molecular weight excluding hydrogens is 319 g/mol. The predicted octanol–water partition coefficient (Wildman–Crippen LogP) is 2.51. The molecule has 0 saturated carbocycles. The van der Waals surface area contributed by atoms with Gasteiger partial charge in [-0.25, -0.2) is 8.78 Å². The molecular formula is C10H13BrClF2NO2. The maximum Gasteiger partial charge on any atom is 0.289 e. The lowest BCUT2D eigenvalue weighted by Crippen LogP contribution is -2.36. The first-order valence-electron chi connectivity index (χ1n) is 4.50. The molecule has 0 bridgehead atoms. The molecule has 0 saturated heterocycles. The zero-order valence-electron chi connectivity index (χ0n) is 8.99. The van der Waals surface area contributed by atoms with Crippen LogP contribution in [-0.4, -0.2) is 24.7 Å². The summed E-state index contributed by atoms with van der Waals surface area (Å²) >= 11 is 3.13. The van der Waals surface area contributed by atoms with Crippen molar-refractivity contribution in [2.45, 2.75) is 12.0 Å². The van der Waals surface area contributed by atoms with Gasteiger partial charge in [0, 0.05) is 4.47 Å². The fraction of sp³-hybridized carbons (Fsp3) is 0.400. The second-order valence-corrected chi connectivity index (χ2v) is 4.14. The second-order valence-electron chi connectivity index (χ2n) is 3.28. The molecule has 7 heteroatoms. The van der Waals surface area contributed by atoms with Gasteiger partial charge in [-0.15, -0.1) is 12.4 Å². The Morgan fingerprint density at radius 2 is 2.12 bits per heavy atom. The lowest BCUT2D eigenvalue weighted by molar-refractivity contribution is -0.0713. The third kappa shape index (κ3) is 3.77. The third-order valence-corrected chi connectivity index (χ3v) is 2.93. The Kier molecular flexibility index (Phi) is 6.32. The normalized spacial score (nSPS) is 12.8. The molecule has 3 N–H and O–H groups in total. The van der Waals surface area contributed by atoms with Gasteiger partial charge in [0.15, 0.2) is 0 Å². The van der Waals surface area contributed by atoms with Gasteiger partial charge in [0.25, 0.3) is 5.92 Å². The molecule has 17 heavy (non-hydrogen) atoms. The summed E-state index contributed by atoms with van der Waals surface area (Å²) in [6.45, 7) is -1.29. The fourth-order valence-electron chi connectivity index (χ4n) is 1.21. The Labute approximate surface area is 112 Å². The number of alkyl halides is 2. The van der Waals surface area contributed by atoms with Crippen molar-refractivity contribution in [3.05, 3.63) is 28.2 Å². The summed E-state index contributed by atoms with van der Waals surface area (Å²) in [4.78, 5) is 0. The molecule has 0 aliphatic heterocycles. The summed E-state index contributed by atoms with van der Waals surface area (Å²) < 4.78 is 31.8. The van der Waals surface area contributed by atoms with E-state index in [-0.39, 0.29) is 18.0 Å². The van der Waals surface area contributed by atoms with Crippen LogP contribution >= 0.6 is 28.3 Å². The van der Waals surface area contributed by atoms with Crippen LogP contribution in [0.15, 0.2) is 22.7 Å². The first-order valence-corrected chi connectivity index (χ1v) is 5.29. The molecule has 0 heterocycles. The van der Waals surface area contributed by atoms with Gasteiger partial charge >= 0.3 is 0 Å². The summed E-state index contributed by atoms with van der Waals surface area (Å²) in [5.74, 6) is -2.93. The van der Waals surface area contributed by atoms with Crippen molar-refractivity contribution in [1.29, 1.82) is 0 Å². The van der Waals surface area contributed by atoms with E-state index in [2.05, 4.69) is 15.9 Å². The van der Waals surface area contributed by atoms with Gasteiger partial charge in [-0.2, -0.15) is 0 Å². The van der Waals surface area contributed by atoms with Crippen LogP contribution in [0.5, 0.6) is 5.75 Å². The number of rotatable bonds is 4. The van der Waals surface area contributed by atoms with Gasteiger partial charge in [0.05, 0.1) is 13.2 Å². The van der Waals surface area contributed by atoms with E-state index in [1.807, 2.05) is 0 Å². The minimum Gasteiger partial charge on any atom is -0.497 e. The van der Waals surface area contributed by atoms with Crippen molar-refractivity contribution in [3.8, 4) is 5.75 Å². The fourth-order valence-corrected chi connectivity index (χ4v) is 1.71. The van der Waals surface area contributed by atoms with Gasteiger partial charge in [-0.05, 0) is 23.8 Å². The highest BCUT2D eigenvalue weighted by atomic mass is 79.9. The monoisotopic (exact) mass is 331 g/mol. The molecule has 0 spiro atoms. The number of nitrogens with two attached hydrogens (primary N) is 1. The van der Waals surface area contributed by atoms with Crippen molar-refractivity contribution < 1.29 is 18.6 Å². The summed E-state index contributed by atoms with van der Waals surface area (Å²) in [6.07, 6.45) is 0. The number of ether oxygens (including phenoxy) is 1. The van der Waals surface area contributed by atoms with Crippen LogP contribution in [0, 0.1) is 0 Å². The summed E-state index contributed by atoms with van der Waals surface area (Å²) in [5, 5.41) is 8.57. The highest BCUT2D eigenvalue weighted by Crippen LogP contribution is 2.34. The number of halogens is 4. The van der Waals surface area contributed by atoms with E-state index in [4.69, 9.17) is 15.6 Å². The summed E-state index contributed by atoms with van der Waals surface area (Å²) in [7, 11) is 1.43. The number of hydrogen-bond acceptors (Lipinski definition) is 3. The highest BCUT2D eigenvalue weighted by molar-refractivity contribution is 9.10. The molecule has 0 amide bonds. The Hall–Kier alpha value is -0.430.